The van der Waals surface area contributed by atoms with E-state index in [4.69, 9.17) is 9.15 Å². The van der Waals surface area contributed by atoms with Crippen molar-refractivity contribution in [1.29, 1.82) is 0 Å². The predicted molar refractivity (Wildman–Crippen MR) is 91.9 cm³/mol. The number of furan rings is 1. The van der Waals surface area contributed by atoms with Gasteiger partial charge in [-0.2, -0.15) is 17.0 Å². The predicted octanol–water partition coefficient (Wildman–Crippen LogP) is 1.96. The number of carbonyl (C=O) groups excluding carboxylic acids is 1. The second-order valence-corrected chi connectivity index (χ2v) is 9.12. The van der Waals surface area contributed by atoms with Crippen LogP contribution in [0.5, 0.6) is 0 Å². The first-order valence-electron chi connectivity index (χ1n) is 8.70. The molecule has 25 heavy (non-hydrogen) atoms. The van der Waals surface area contributed by atoms with Crippen LogP contribution in [-0.2, 0) is 26.3 Å². The first kappa shape index (κ1) is 18.4. The third-order valence-corrected chi connectivity index (χ3v) is 7.18. The average molecular weight is 370 g/mol. The van der Waals surface area contributed by atoms with E-state index in [1.165, 1.54) is 15.7 Å². The van der Waals surface area contributed by atoms with Crippen molar-refractivity contribution in [3.05, 3.63) is 23.7 Å². The lowest BCUT2D eigenvalue weighted by Crippen LogP contribution is -2.46. The SMILES string of the molecule is COC(=O)C1CCN(S(=O)(=O)N(C)Cc2ccc([C@@H]3C[C@@H]3C)o2)CC1. The Balaban J connectivity index is 1.58. The molecule has 2 atom stereocenters. The van der Waals surface area contributed by atoms with Crippen LogP contribution in [0.25, 0.3) is 0 Å². The second kappa shape index (κ2) is 7.09. The number of esters is 1. The Morgan fingerprint density at radius 2 is 2.00 bits per heavy atom. The van der Waals surface area contributed by atoms with Gasteiger partial charge < -0.3 is 9.15 Å². The van der Waals surface area contributed by atoms with E-state index in [0.717, 1.165) is 12.2 Å². The molecular weight excluding hydrogens is 344 g/mol. The Kier molecular flexibility index (Phi) is 5.22. The fraction of sp³-hybridized carbons (Fsp3) is 0.706. The molecule has 0 aromatic carbocycles. The topological polar surface area (TPSA) is 80.1 Å². The Bertz CT molecular complexity index is 721. The zero-order valence-electron chi connectivity index (χ0n) is 15.0. The van der Waals surface area contributed by atoms with E-state index >= 15 is 0 Å². The molecule has 2 aliphatic rings. The Morgan fingerprint density at radius 3 is 2.56 bits per heavy atom. The maximum Gasteiger partial charge on any atom is 0.308 e. The van der Waals surface area contributed by atoms with Crippen molar-refractivity contribution in [1.82, 2.24) is 8.61 Å². The van der Waals surface area contributed by atoms with E-state index in [9.17, 15) is 13.2 Å². The number of carbonyl (C=O) groups is 1. The first-order valence-corrected chi connectivity index (χ1v) is 10.1. The zero-order chi connectivity index (χ0) is 18.2. The van der Waals surface area contributed by atoms with Crippen molar-refractivity contribution in [2.75, 3.05) is 27.2 Å². The number of hydrogen-bond acceptors (Lipinski definition) is 5. The van der Waals surface area contributed by atoms with Gasteiger partial charge in [0.05, 0.1) is 19.6 Å². The monoisotopic (exact) mass is 370 g/mol. The molecule has 0 spiro atoms. The van der Waals surface area contributed by atoms with Crippen LogP contribution in [0.3, 0.4) is 0 Å². The number of hydrogen-bond donors (Lipinski definition) is 0. The fourth-order valence-electron chi connectivity index (χ4n) is 3.38. The van der Waals surface area contributed by atoms with Crippen molar-refractivity contribution in [3.8, 4) is 0 Å². The third-order valence-electron chi connectivity index (χ3n) is 5.24. The number of rotatable bonds is 6. The summed E-state index contributed by atoms with van der Waals surface area (Å²) in [5, 5.41) is 0. The molecule has 1 aliphatic carbocycles. The Morgan fingerprint density at radius 1 is 1.36 bits per heavy atom. The second-order valence-electron chi connectivity index (χ2n) is 7.08. The number of methoxy groups -OCH3 is 1. The summed E-state index contributed by atoms with van der Waals surface area (Å²) < 4.78 is 38.8. The van der Waals surface area contributed by atoms with E-state index in [2.05, 4.69) is 6.92 Å². The van der Waals surface area contributed by atoms with Crippen LogP contribution in [0.4, 0.5) is 0 Å². The summed E-state index contributed by atoms with van der Waals surface area (Å²) in [4.78, 5) is 11.6. The summed E-state index contributed by atoms with van der Waals surface area (Å²) >= 11 is 0. The van der Waals surface area contributed by atoms with Crippen molar-refractivity contribution >= 4 is 16.2 Å². The van der Waals surface area contributed by atoms with Crippen molar-refractivity contribution < 1.29 is 22.4 Å². The standard InChI is InChI=1S/C17H26N2O5S/c1-12-10-15(12)16-5-4-14(24-16)11-18(2)25(21,22)19-8-6-13(7-9-19)17(20)23-3/h4-5,12-13,15H,6-11H2,1-3H3/t12-,15+/m0/s1. The highest BCUT2D eigenvalue weighted by molar-refractivity contribution is 7.86. The number of ether oxygens (including phenoxy) is 1. The van der Waals surface area contributed by atoms with Gasteiger partial charge in [0.25, 0.3) is 10.2 Å². The molecule has 0 N–H and O–H groups in total. The summed E-state index contributed by atoms with van der Waals surface area (Å²) in [5.41, 5.74) is 0. The van der Waals surface area contributed by atoms with Gasteiger partial charge in [-0.3, -0.25) is 4.79 Å². The molecule has 0 bridgehead atoms. The molecule has 1 aromatic rings. The lowest BCUT2D eigenvalue weighted by Gasteiger charge is -2.32. The minimum atomic E-state index is -3.57. The van der Waals surface area contributed by atoms with Gasteiger partial charge in [-0.25, -0.2) is 0 Å². The molecule has 8 heteroatoms. The van der Waals surface area contributed by atoms with Crippen LogP contribution < -0.4 is 0 Å². The van der Waals surface area contributed by atoms with Crippen molar-refractivity contribution in [3.63, 3.8) is 0 Å². The van der Waals surface area contributed by atoms with Gasteiger partial charge in [-0.1, -0.05) is 6.92 Å². The summed E-state index contributed by atoms with van der Waals surface area (Å²) in [5.74, 6) is 2.26. The van der Waals surface area contributed by atoms with Gasteiger partial charge in [0.1, 0.15) is 11.5 Å². The maximum atomic E-state index is 12.7. The van der Waals surface area contributed by atoms with E-state index < -0.39 is 10.2 Å². The molecule has 7 nitrogen and oxygen atoms in total. The molecule has 1 aliphatic heterocycles. The molecule has 0 amide bonds. The van der Waals surface area contributed by atoms with E-state index in [1.54, 1.807) is 7.05 Å². The highest BCUT2D eigenvalue weighted by atomic mass is 32.2. The molecule has 1 aromatic heterocycles. The highest BCUT2D eigenvalue weighted by Crippen LogP contribution is 2.47. The van der Waals surface area contributed by atoms with Gasteiger partial charge in [-0.05, 0) is 37.3 Å². The third kappa shape index (κ3) is 3.91. The summed E-state index contributed by atoms with van der Waals surface area (Å²) in [6.07, 6.45) is 2.12. The summed E-state index contributed by atoms with van der Waals surface area (Å²) in [6, 6.07) is 3.81. The summed E-state index contributed by atoms with van der Waals surface area (Å²) in [6.45, 7) is 3.05. The normalized spacial score (nSPS) is 25.3. The van der Waals surface area contributed by atoms with Crippen LogP contribution in [0.2, 0.25) is 0 Å². The number of nitrogens with zero attached hydrogens (tertiary/aromatic N) is 2. The van der Waals surface area contributed by atoms with Crippen LogP contribution in [0.15, 0.2) is 16.5 Å². The fourth-order valence-corrected chi connectivity index (χ4v) is 4.74. The maximum absolute atomic E-state index is 12.7. The molecule has 0 radical (unpaired) electrons. The number of piperidine rings is 1. The lowest BCUT2D eigenvalue weighted by molar-refractivity contribution is -0.146. The van der Waals surface area contributed by atoms with Crippen LogP contribution in [0.1, 0.15) is 43.6 Å². The van der Waals surface area contributed by atoms with Gasteiger partial charge >= 0.3 is 5.97 Å². The molecule has 1 saturated heterocycles. The van der Waals surface area contributed by atoms with E-state index in [1.807, 2.05) is 12.1 Å². The van der Waals surface area contributed by atoms with E-state index in [-0.39, 0.29) is 18.4 Å². The van der Waals surface area contributed by atoms with Crippen molar-refractivity contribution in [2.24, 2.45) is 11.8 Å². The Hall–Kier alpha value is -1.38. The zero-order valence-corrected chi connectivity index (χ0v) is 15.8. The van der Waals surface area contributed by atoms with Crippen LogP contribution >= 0.6 is 0 Å². The smallest absolute Gasteiger partial charge is 0.308 e. The molecule has 2 fully saturated rings. The van der Waals surface area contributed by atoms with E-state index in [0.29, 0.717) is 43.5 Å². The largest absolute Gasteiger partial charge is 0.469 e. The molecular formula is C17H26N2O5S. The van der Waals surface area contributed by atoms with Gasteiger partial charge in [0.2, 0.25) is 0 Å². The molecule has 3 rings (SSSR count). The Labute approximate surface area is 149 Å². The molecule has 1 saturated carbocycles. The minimum Gasteiger partial charge on any atom is -0.469 e. The van der Waals surface area contributed by atoms with Crippen molar-refractivity contribution in [2.45, 2.75) is 38.6 Å². The summed E-state index contributed by atoms with van der Waals surface area (Å²) in [7, 11) is -0.648. The first-order chi connectivity index (χ1) is 11.8. The average Bonchev–Trinajstić information content (AvgIpc) is 3.15. The molecule has 140 valence electrons. The van der Waals surface area contributed by atoms with Gasteiger partial charge in [-0.15, -0.1) is 0 Å². The quantitative estimate of drug-likeness (QED) is 0.715. The molecule has 0 unspecified atom stereocenters. The van der Waals surface area contributed by atoms with Crippen LogP contribution in [-0.4, -0.2) is 50.2 Å². The molecule has 2 heterocycles. The highest BCUT2D eigenvalue weighted by Gasteiger charge is 2.37. The lowest BCUT2D eigenvalue weighted by atomic mass is 9.99. The minimum absolute atomic E-state index is 0.209. The van der Waals surface area contributed by atoms with Gasteiger partial charge in [0.15, 0.2) is 0 Å². The van der Waals surface area contributed by atoms with Gasteiger partial charge in [0, 0.05) is 26.1 Å². The van der Waals surface area contributed by atoms with Crippen LogP contribution in [0, 0.1) is 11.8 Å².